The molecule has 1 aliphatic rings. The lowest BCUT2D eigenvalue weighted by molar-refractivity contribution is -0.125. The number of rotatable bonds is 1. The first-order valence-corrected chi connectivity index (χ1v) is 6.06. The number of amides is 1. The minimum absolute atomic E-state index is 0.239. The van der Waals surface area contributed by atoms with Gasteiger partial charge in [0.05, 0.1) is 11.6 Å². The van der Waals surface area contributed by atoms with Crippen molar-refractivity contribution in [2.45, 2.75) is 38.5 Å². The quantitative estimate of drug-likeness (QED) is 0.796. The van der Waals surface area contributed by atoms with E-state index in [2.05, 4.69) is 5.32 Å². The number of carbonyl (C=O) groups excluding carboxylic acids is 1. The van der Waals surface area contributed by atoms with Crippen LogP contribution in [0.2, 0.25) is 0 Å². The van der Waals surface area contributed by atoms with Gasteiger partial charge in [0.2, 0.25) is 5.91 Å². The number of ether oxygens (including phenoxy) is 1. The molecular weight excluding hydrogens is 244 g/mol. The number of benzene rings is 1. The number of nitriles is 1. The Kier molecular flexibility index (Phi) is 3.21. The topological polar surface area (TPSA) is 82.4 Å². The summed E-state index contributed by atoms with van der Waals surface area (Å²) in [5.74, 6) is 0.304. The highest BCUT2D eigenvalue weighted by Crippen LogP contribution is 2.41. The first-order chi connectivity index (χ1) is 8.88. The molecule has 1 aromatic carbocycles. The molecule has 5 heteroatoms. The predicted octanol–water partition coefficient (Wildman–Crippen LogP) is 1.27. The van der Waals surface area contributed by atoms with Crippen LogP contribution >= 0.6 is 0 Å². The van der Waals surface area contributed by atoms with Crippen molar-refractivity contribution < 1.29 is 14.6 Å². The number of nitrogens with one attached hydrogen (secondary N) is 1. The third-order valence-electron chi connectivity index (χ3n) is 3.60. The van der Waals surface area contributed by atoms with Crippen LogP contribution in [-0.4, -0.2) is 22.7 Å². The Hall–Kier alpha value is -2.06. The normalized spacial score (nSPS) is 28.8. The molecule has 0 spiro atoms. The second-order valence-electron chi connectivity index (χ2n) is 4.99. The van der Waals surface area contributed by atoms with Crippen molar-refractivity contribution in [2.75, 3.05) is 0 Å². The van der Waals surface area contributed by atoms with Gasteiger partial charge in [0.25, 0.3) is 0 Å². The van der Waals surface area contributed by atoms with E-state index in [9.17, 15) is 9.90 Å². The van der Waals surface area contributed by atoms with E-state index < -0.39 is 11.6 Å². The smallest absolute Gasteiger partial charge is 0.217 e. The fraction of sp³-hybridized carbons (Fsp3) is 0.429. The zero-order valence-corrected chi connectivity index (χ0v) is 11.1. The van der Waals surface area contributed by atoms with E-state index in [4.69, 9.17) is 10.00 Å². The number of aliphatic hydroxyl groups excluding tert-OH is 1. The minimum atomic E-state index is -0.927. The van der Waals surface area contributed by atoms with E-state index in [0.717, 1.165) is 0 Å². The average Bonchev–Trinajstić information content (AvgIpc) is 2.36. The maximum Gasteiger partial charge on any atom is 0.217 e. The second-order valence-corrected chi connectivity index (χ2v) is 4.99. The van der Waals surface area contributed by atoms with Crippen molar-refractivity contribution >= 4 is 5.91 Å². The van der Waals surface area contributed by atoms with Gasteiger partial charge < -0.3 is 15.2 Å². The number of nitrogens with zero attached hydrogens (tertiary/aromatic N) is 1. The fourth-order valence-electron chi connectivity index (χ4n) is 2.35. The van der Waals surface area contributed by atoms with Gasteiger partial charge in [0.15, 0.2) is 0 Å². The van der Waals surface area contributed by atoms with Crippen LogP contribution in [0.5, 0.6) is 5.75 Å². The summed E-state index contributed by atoms with van der Waals surface area (Å²) in [6.07, 6.45) is -1.31. The lowest BCUT2D eigenvalue weighted by Gasteiger charge is -2.44. The summed E-state index contributed by atoms with van der Waals surface area (Å²) < 4.78 is 5.73. The molecule has 5 nitrogen and oxygen atoms in total. The standard InChI is InChI=1S/C14H16N2O3/c1-8-14(3,16-9(2)17)13(18)11-6-10(7-15)4-5-12(11)19-8/h4-6,8,13,18H,1-3H3,(H,16,17)/t8-,13?,14-/m0/s1. The van der Waals surface area contributed by atoms with Crippen LogP contribution in [0, 0.1) is 11.3 Å². The molecule has 3 atom stereocenters. The van der Waals surface area contributed by atoms with Gasteiger partial charge in [-0.2, -0.15) is 5.26 Å². The SMILES string of the molecule is CC(=O)N[C@]1(C)C(O)c2cc(C#N)ccc2O[C@H]1C. The Bertz CT molecular complexity index is 564. The molecule has 0 radical (unpaired) electrons. The molecule has 1 amide bonds. The average molecular weight is 260 g/mol. The molecule has 1 aliphatic heterocycles. The van der Waals surface area contributed by atoms with Gasteiger partial charge in [-0.25, -0.2) is 0 Å². The molecular formula is C14H16N2O3. The molecule has 0 saturated heterocycles. The van der Waals surface area contributed by atoms with Crippen LogP contribution < -0.4 is 10.1 Å². The van der Waals surface area contributed by atoms with Crippen LogP contribution in [-0.2, 0) is 4.79 Å². The van der Waals surface area contributed by atoms with Crippen LogP contribution in [0.15, 0.2) is 18.2 Å². The molecule has 1 aromatic rings. The molecule has 2 rings (SSSR count). The summed E-state index contributed by atoms with van der Waals surface area (Å²) in [6.45, 7) is 4.91. The summed E-state index contributed by atoms with van der Waals surface area (Å²) in [7, 11) is 0. The summed E-state index contributed by atoms with van der Waals surface area (Å²) in [5, 5.41) is 22.2. The Labute approximate surface area is 111 Å². The first kappa shape index (κ1) is 13.4. The third-order valence-corrected chi connectivity index (χ3v) is 3.60. The largest absolute Gasteiger partial charge is 0.488 e. The summed E-state index contributed by atoms with van der Waals surface area (Å²) in [4.78, 5) is 11.3. The molecule has 0 bridgehead atoms. The zero-order chi connectivity index (χ0) is 14.2. The van der Waals surface area contributed by atoms with Crippen LogP contribution in [0.25, 0.3) is 0 Å². The van der Waals surface area contributed by atoms with Crippen LogP contribution in [0.3, 0.4) is 0 Å². The lowest BCUT2D eigenvalue weighted by Crippen LogP contribution is -2.60. The van der Waals surface area contributed by atoms with Crippen molar-refractivity contribution in [3.63, 3.8) is 0 Å². The molecule has 0 saturated carbocycles. The Morgan fingerprint density at radius 1 is 1.58 bits per heavy atom. The zero-order valence-electron chi connectivity index (χ0n) is 11.1. The van der Waals surface area contributed by atoms with E-state index in [1.807, 2.05) is 6.07 Å². The van der Waals surface area contributed by atoms with Crippen molar-refractivity contribution in [1.82, 2.24) is 5.32 Å². The Balaban J connectivity index is 2.48. The maximum atomic E-state index is 11.3. The summed E-state index contributed by atoms with van der Waals surface area (Å²) in [6, 6.07) is 6.92. The van der Waals surface area contributed by atoms with E-state index >= 15 is 0 Å². The molecule has 19 heavy (non-hydrogen) atoms. The molecule has 2 N–H and O–H groups in total. The van der Waals surface area contributed by atoms with Gasteiger partial charge in [0, 0.05) is 12.5 Å². The second kappa shape index (κ2) is 4.56. The predicted molar refractivity (Wildman–Crippen MR) is 68.4 cm³/mol. The molecule has 0 aliphatic carbocycles. The minimum Gasteiger partial charge on any atom is -0.488 e. The number of carbonyl (C=O) groups is 1. The van der Waals surface area contributed by atoms with Crippen molar-refractivity contribution in [2.24, 2.45) is 0 Å². The number of fused-ring (bicyclic) bond motifs is 1. The van der Waals surface area contributed by atoms with Crippen molar-refractivity contribution in [3.8, 4) is 11.8 Å². The molecule has 100 valence electrons. The molecule has 0 aromatic heterocycles. The van der Waals surface area contributed by atoms with Crippen molar-refractivity contribution in [3.05, 3.63) is 29.3 Å². The fourth-order valence-corrected chi connectivity index (χ4v) is 2.35. The Morgan fingerprint density at radius 3 is 2.84 bits per heavy atom. The van der Waals surface area contributed by atoms with Gasteiger partial charge in [-0.15, -0.1) is 0 Å². The first-order valence-electron chi connectivity index (χ1n) is 6.06. The monoisotopic (exact) mass is 260 g/mol. The molecule has 0 fully saturated rings. The van der Waals surface area contributed by atoms with Gasteiger partial charge in [-0.1, -0.05) is 0 Å². The van der Waals surface area contributed by atoms with E-state index in [0.29, 0.717) is 16.9 Å². The number of hydrogen-bond donors (Lipinski definition) is 2. The summed E-state index contributed by atoms with van der Waals surface area (Å²) >= 11 is 0. The van der Waals surface area contributed by atoms with Gasteiger partial charge >= 0.3 is 0 Å². The van der Waals surface area contributed by atoms with Gasteiger partial charge in [0.1, 0.15) is 23.5 Å². The maximum absolute atomic E-state index is 11.3. The number of aliphatic hydroxyl groups is 1. The van der Waals surface area contributed by atoms with E-state index in [1.165, 1.54) is 6.92 Å². The highest BCUT2D eigenvalue weighted by molar-refractivity contribution is 5.74. The van der Waals surface area contributed by atoms with Crippen LogP contribution in [0.4, 0.5) is 0 Å². The molecule has 1 unspecified atom stereocenters. The lowest BCUT2D eigenvalue weighted by atomic mass is 9.81. The molecule has 1 heterocycles. The Morgan fingerprint density at radius 2 is 2.26 bits per heavy atom. The highest BCUT2D eigenvalue weighted by Gasteiger charge is 2.46. The highest BCUT2D eigenvalue weighted by atomic mass is 16.5. The van der Waals surface area contributed by atoms with Gasteiger partial charge in [-0.3, -0.25) is 4.79 Å². The third kappa shape index (κ3) is 2.15. The number of hydrogen-bond acceptors (Lipinski definition) is 4. The summed E-state index contributed by atoms with van der Waals surface area (Å²) in [5.41, 5.74) is 0.0435. The van der Waals surface area contributed by atoms with Crippen LogP contribution in [0.1, 0.15) is 38.0 Å². The van der Waals surface area contributed by atoms with E-state index in [-0.39, 0.29) is 12.0 Å². The van der Waals surface area contributed by atoms with Gasteiger partial charge in [-0.05, 0) is 32.0 Å². The van der Waals surface area contributed by atoms with E-state index in [1.54, 1.807) is 32.0 Å². The van der Waals surface area contributed by atoms with Crippen molar-refractivity contribution in [1.29, 1.82) is 5.26 Å².